The average Bonchev–Trinajstić information content (AvgIpc) is 2.58. The first-order valence-corrected chi connectivity index (χ1v) is 7.54. The van der Waals surface area contributed by atoms with Gasteiger partial charge in [-0.25, -0.2) is 0 Å². The van der Waals surface area contributed by atoms with Crippen LogP contribution in [0.2, 0.25) is 0 Å². The van der Waals surface area contributed by atoms with E-state index in [0.717, 1.165) is 12.1 Å². The Hall–Kier alpha value is -2.32. The Labute approximate surface area is 150 Å². The van der Waals surface area contributed by atoms with E-state index in [1.807, 2.05) is 0 Å². The van der Waals surface area contributed by atoms with Crippen LogP contribution in [0.4, 0.5) is 18.9 Å². The van der Waals surface area contributed by atoms with Crippen LogP contribution in [0.15, 0.2) is 53.6 Å². The molecular formula is C15H10Cl2F3N3O2. The van der Waals surface area contributed by atoms with Crippen molar-refractivity contribution >= 4 is 34.1 Å². The van der Waals surface area contributed by atoms with Crippen LogP contribution >= 0.6 is 23.2 Å². The highest BCUT2D eigenvalue weighted by Crippen LogP contribution is 2.30. The first-order valence-electron chi connectivity index (χ1n) is 6.73. The summed E-state index contributed by atoms with van der Waals surface area (Å²) in [4.78, 5) is 10.2. The first kappa shape index (κ1) is 19.0. The molecular weight excluding hydrogens is 382 g/mol. The third kappa shape index (κ3) is 5.07. The lowest BCUT2D eigenvalue weighted by Crippen LogP contribution is -2.12. The van der Waals surface area contributed by atoms with Crippen LogP contribution in [-0.4, -0.2) is 10.1 Å². The SMILES string of the molecule is O=[N+]([O-])c1cccc(C(Cl)=NNC(Cl)c2ccc(C(F)(F)F)cc2)c1. The molecule has 5 nitrogen and oxygen atoms in total. The number of halogens is 5. The van der Waals surface area contributed by atoms with Gasteiger partial charge >= 0.3 is 6.18 Å². The van der Waals surface area contributed by atoms with Crippen molar-refractivity contribution in [2.45, 2.75) is 11.7 Å². The van der Waals surface area contributed by atoms with Gasteiger partial charge in [0.05, 0.1) is 10.5 Å². The zero-order valence-corrected chi connectivity index (χ0v) is 13.8. The van der Waals surface area contributed by atoms with Gasteiger partial charge < -0.3 is 0 Å². The van der Waals surface area contributed by atoms with Gasteiger partial charge in [0.2, 0.25) is 0 Å². The van der Waals surface area contributed by atoms with Crippen LogP contribution in [0, 0.1) is 10.1 Å². The van der Waals surface area contributed by atoms with Gasteiger partial charge in [-0.05, 0) is 17.7 Å². The van der Waals surface area contributed by atoms with Gasteiger partial charge in [-0.2, -0.15) is 18.3 Å². The predicted molar refractivity (Wildman–Crippen MR) is 88.7 cm³/mol. The molecule has 2 aromatic rings. The molecule has 0 heterocycles. The number of nitrogens with zero attached hydrogens (tertiary/aromatic N) is 2. The van der Waals surface area contributed by atoms with E-state index in [1.165, 1.54) is 36.4 Å². The third-order valence-corrected chi connectivity index (χ3v) is 3.75. The summed E-state index contributed by atoms with van der Waals surface area (Å²) in [5, 5.41) is 14.4. The Bertz CT molecular complexity index is 795. The quantitative estimate of drug-likeness (QED) is 0.255. The van der Waals surface area contributed by atoms with Gasteiger partial charge in [0.25, 0.3) is 5.69 Å². The Morgan fingerprint density at radius 2 is 1.84 bits per heavy atom. The van der Waals surface area contributed by atoms with Crippen molar-refractivity contribution in [1.82, 2.24) is 5.43 Å². The van der Waals surface area contributed by atoms with Gasteiger partial charge in [-0.15, -0.1) is 0 Å². The molecule has 0 bridgehead atoms. The van der Waals surface area contributed by atoms with Crippen molar-refractivity contribution in [3.8, 4) is 0 Å². The molecule has 1 unspecified atom stereocenters. The minimum absolute atomic E-state index is 0.0822. The molecule has 25 heavy (non-hydrogen) atoms. The molecule has 0 saturated heterocycles. The maximum atomic E-state index is 12.5. The summed E-state index contributed by atoms with van der Waals surface area (Å²) in [7, 11) is 0. The molecule has 0 aliphatic heterocycles. The largest absolute Gasteiger partial charge is 0.416 e. The summed E-state index contributed by atoms with van der Waals surface area (Å²) in [5.41, 5.74) is 1.23. The molecule has 0 aliphatic rings. The van der Waals surface area contributed by atoms with Crippen molar-refractivity contribution in [2.75, 3.05) is 0 Å². The standard InChI is InChI=1S/C15H10Cl2F3N3O2/c16-13(9-4-6-11(7-5-9)15(18,19)20)21-22-14(17)10-2-1-3-12(8-10)23(24)25/h1-8,13,21H. The van der Waals surface area contributed by atoms with E-state index < -0.39 is 22.2 Å². The molecule has 0 radical (unpaired) electrons. The van der Waals surface area contributed by atoms with E-state index in [1.54, 1.807) is 0 Å². The zero-order valence-electron chi connectivity index (χ0n) is 12.3. The van der Waals surface area contributed by atoms with Crippen molar-refractivity contribution in [2.24, 2.45) is 5.10 Å². The van der Waals surface area contributed by atoms with Crippen molar-refractivity contribution in [1.29, 1.82) is 0 Å². The van der Waals surface area contributed by atoms with E-state index in [2.05, 4.69) is 10.5 Å². The van der Waals surface area contributed by atoms with Gasteiger partial charge in [-0.3, -0.25) is 15.5 Å². The molecule has 0 fully saturated rings. The zero-order chi connectivity index (χ0) is 18.6. The Morgan fingerprint density at radius 3 is 2.40 bits per heavy atom. The van der Waals surface area contributed by atoms with Gasteiger partial charge in [0.1, 0.15) is 5.50 Å². The number of rotatable bonds is 5. The number of hydrazone groups is 1. The number of non-ortho nitro benzene ring substituents is 1. The summed E-state index contributed by atoms with van der Waals surface area (Å²) in [6.07, 6.45) is -4.43. The minimum Gasteiger partial charge on any atom is -0.286 e. The summed E-state index contributed by atoms with van der Waals surface area (Å²) in [5.74, 6) is 0. The fraction of sp³-hybridized carbons (Fsp3) is 0.133. The summed E-state index contributed by atoms with van der Waals surface area (Å²) in [6, 6.07) is 9.72. The average molecular weight is 392 g/mol. The molecule has 0 spiro atoms. The molecule has 0 aliphatic carbocycles. The smallest absolute Gasteiger partial charge is 0.286 e. The second-order valence-corrected chi connectivity index (χ2v) is 5.62. The van der Waals surface area contributed by atoms with Crippen LogP contribution in [0.5, 0.6) is 0 Å². The molecule has 0 aromatic heterocycles. The maximum Gasteiger partial charge on any atom is 0.416 e. The van der Waals surface area contributed by atoms with Gasteiger partial charge in [0, 0.05) is 17.7 Å². The Kier molecular flexibility index (Phi) is 5.86. The number of hydrogen-bond acceptors (Lipinski definition) is 4. The normalized spacial score (nSPS) is 13.4. The molecule has 1 atom stereocenters. The monoisotopic (exact) mass is 391 g/mol. The van der Waals surface area contributed by atoms with Crippen LogP contribution in [0.25, 0.3) is 0 Å². The van der Waals surface area contributed by atoms with E-state index in [0.29, 0.717) is 11.1 Å². The highest BCUT2D eigenvalue weighted by Gasteiger charge is 2.30. The van der Waals surface area contributed by atoms with E-state index in [-0.39, 0.29) is 10.9 Å². The first-order chi connectivity index (χ1) is 11.7. The number of hydrogen-bond donors (Lipinski definition) is 1. The summed E-state index contributed by atoms with van der Waals surface area (Å²) in [6.45, 7) is 0. The van der Waals surface area contributed by atoms with Crippen LogP contribution in [0.3, 0.4) is 0 Å². The highest BCUT2D eigenvalue weighted by atomic mass is 35.5. The number of benzene rings is 2. The second-order valence-electron chi connectivity index (χ2n) is 4.82. The molecule has 2 rings (SSSR count). The summed E-state index contributed by atoms with van der Waals surface area (Å²) < 4.78 is 37.5. The molecule has 0 amide bonds. The van der Waals surface area contributed by atoms with Gasteiger partial charge in [0.15, 0.2) is 5.17 Å². The lowest BCUT2D eigenvalue weighted by atomic mass is 10.1. The fourth-order valence-electron chi connectivity index (χ4n) is 1.84. The van der Waals surface area contributed by atoms with Crippen molar-refractivity contribution in [3.63, 3.8) is 0 Å². The van der Waals surface area contributed by atoms with Crippen LogP contribution < -0.4 is 5.43 Å². The molecule has 0 saturated carbocycles. The molecule has 132 valence electrons. The predicted octanol–water partition coefficient (Wildman–Crippen LogP) is 5.04. The Balaban J connectivity index is 2.10. The van der Waals surface area contributed by atoms with Gasteiger partial charge in [-0.1, -0.05) is 47.5 Å². The highest BCUT2D eigenvalue weighted by molar-refractivity contribution is 6.69. The van der Waals surface area contributed by atoms with Crippen LogP contribution in [-0.2, 0) is 6.18 Å². The molecule has 10 heteroatoms. The van der Waals surface area contributed by atoms with Crippen LogP contribution in [0.1, 0.15) is 22.2 Å². The van der Waals surface area contributed by atoms with Crippen molar-refractivity contribution < 1.29 is 18.1 Å². The maximum absolute atomic E-state index is 12.5. The lowest BCUT2D eigenvalue weighted by Gasteiger charge is -2.12. The minimum atomic E-state index is -4.43. The lowest BCUT2D eigenvalue weighted by molar-refractivity contribution is -0.384. The topological polar surface area (TPSA) is 67.5 Å². The van der Waals surface area contributed by atoms with E-state index in [9.17, 15) is 23.3 Å². The third-order valence-electron chi connectivity index (χ3n) is 3.10. The number of nitro benzene ring substituents is 1. The number of nitrogens with one attached hydrogen (secondary N) is 1. The molecule has 2 aromatic carbocycles. The molecule has 1 N–H and O–H groups in total. The number of alkyl halides is 4. The Morgan fingerprint density at radius 1 is 1.20 bits per heavy atom. The fourth-order valence-corrected chi connectivity index (χ4v) is 2.20. The number of nitro groups is 1. The van der Waals surface area contributed by atoms with Crippen molar-refractivity contribution in [3.05, 3.63) is 75.3 Å². The second kappa shape index (κ2) is 7.71. The van der Waals surface area contributed by atoms with E-state index in [4.69, 9.17) is 23.2 Å². The van der Waals surface area contributed by atoms with E-state index >= 15 is 0 Å². The summed E-state index contributed by atoms with van der Waals surface area (Å²) >= 11 is 12.0.